The van der Waals surface area contributed by atoms with E-state index in [1.165, 1.54) is 0 Å². The Balaban J connectivity index is 2.68. The van der Waals surface area contributed by atoms with Crippen molar-refractivity contribution in [2.75, 3.05) is 0 Å². The molecule has 0 aromatic heterocycles. The van der Waals surface area contributed by atoms with E-state index in [1.54, 1.807) is 13.0 Å². The highest BCUT2D eigenvalue weighted by Crippen LogP contribution is 2.37. The van der Waals surface area contributed by atoms with Gasteiger partial charge in [-0.05, 0) is 43.5 Å². The van der Waals surface area contributed by atoms with E-state index in [4.69, 9.17) is 0 Å². The van der Waals surface area contributed by atoms with Gasteiger partial charge in [-0.1, -0.05) is 29.8 Å². The summed E-state index contributed by atoms with van der Waals surface area (Å²) >= 11 is 0. The monoisotopic (exact) mass is 228 g/mol. The zero-order chi connectivity index (χ0) is 12.6. The van der Waals surface area contributed by atoms with E-state index in [0.29, 0.717) is 5.56 Å². The lowest BCUT2D eigenvalue weighted by atomic mass is 9.96. The van der Waals surface area contributed by atoms with Crippen molar-refractivity contribution in [3.05, 3.63) is 47.0 Å². The Morgan fingerprint density at radius 1 is 0.882 bits per heavy atom. The highest BCUT2D eigenvalue weighted by molar-refractivity contribution is 5.73. The number of hydrogen-bond acceptors (Lipinski definition) is 2. The van der Waals surface area contributed by atoms with Gasteiger partial charge in [-0.2, -0.15) is 0 Å². The molecule has 0 fully saturated rings. The standard InChI is InChI=1S/C15H16O2/c1-9-5-4-6-12(7-9)13-8-14(16)11(3)15(17)10(13)2/h4-8,16-17H,1-3H3. The Morgan fingerprint density at radius 3 is 2.24 bits per heavy atom. The second kappa shape index (κ2) is 4.13. The second-order valence-corrected chi connectivity index (χ2v) is 4.41. The Morgan fingerprint density at radius 2 is 1.59 bits per heavy atom. The van der Waals surface area contributed by atoms with Crippen molar-refractivity contribution in [2.45, 2.75) is 20.8 Å². The molecule has 0 saturated heterocycles. The molecule has 0 spiro atoms. The van der Waals surface area contributed by atoms with Crippen LogP contribution >= 0.6 is 0 Å². The molecule has 0 saturated carbocycles. The third-order valence-electron chi connectivity index (χ3n) is 3.11. The van der Waals surface area contributed by atoms with E-state index in [1.807, 2.05) is 38.1 Å². The molecule has 2 rings (SSSR count). The molecule has 2 N–H and O–H groups in total. The summed E-state index contributed by atoms with van der Waals surface area (Å²) in [6.07, 6.45) is 0. The maximum absolute atomic E-state index is 9.94. The van der Waals surface area contributed by atoms with Crippen molar-refractivity contribution in [1.82, 2.24) is 0 Å². The normalized spacial score (nSPS) is 10.5. The van der Waals surface area contributed by atoms with Crippen LogP contribution in [0, 0.1) is 20.8 Å². The molecule has 0 aliphatic rings. The van der Waals surface area contributed by atoms with Gasteiger partial charge in [-0.3, -0.25) is 0 Å². The third-order valence-corrected chi connectivity index (χ3v) is 3.11. The predicted molar refractivity (Wildman–Crippen MR) is 69.4 cm³/mol. The van der Waals surface area contributed by atoms with Gasteiger partial charge in [0, 0.05) is 5.56 Å². The fourth-order valence-electron chi connectivity index (χ4n) is 2.00. The number of benzene rings is 2. The number of aromatic hydroxyl groups is 2. The molecule has 0 atom stereocenters. The number of phenols is 2. The average molecular weight is 228 g/mol. The minimum Gasteiger partial charge on any atom is -0.508 e. The summed E-state index contributed by atoms with van der Waals surface area (Å²) in [5.41, 5.74) is 4.36. The third kappa shape index (κ3) is 1.98. The van der Waals surface area contributed by atoms with Crippen LogP contribution in [-0.2, 0) is 0 Å². The molecular weight excluding hydrogens is 212 g/mol. The molecule has 17 heavy (non-hydrogen) atoms. The van der Waals surface area contributed by atoms with Gasteiger partial charge in [0.1, 0.15) is 11.5 Å². The van der Waals surface area contributed by atoms with Crippen molar-refractivity contribution in [3.8, 4) is 22.6 Å². The Labute approximate surface area is 101 Å². The molecule has 0 aliphatic carbocycles. The average Bonchev–Trinajstić information content (AvgIpc) is 2.31. The van der Waals surface area contributed by atoms with Gasteiger partial charge in [-0.25, -0.2) is 0 Å². The summed E-state index contributed by atoms with van der Waals surface area (Å²) in [5, 5.41) is 19.7. The van der Waals surface area contributed by atoms with Crippen LogP contribution in [-0.4, -0.2) is 10.2 Å². The fourth-order valence-corrected chi connectivity index (χ4v) is 2.00. The maximum atomic E-state index is 9.94. The highest BCUT2D eigenvalue weighted by Gasteiger charge is 2.12. The molecule has 88 valence electrons. The van der Waals surface area contributed by atoms with Crippen molar-refractivity contribution in [3.63, 3.8) is 0 Å². The molecule has 0 radical (unpaired) electrons. The molecule has 0 unspecified atom stereocenters. The highest BCUT2D eigenvalue weighted by atomic mass is 16.3. The Bertz CT molecular complexity index is 571. The number of rotatable bonds is 1. The molecule has 2 nitrogen and oxygen atoms in total. The second-order valence-electron chi connectivity index (χ2n) is 4.41. The molecule has 0 aliphatic heterocycles. The van der Waals surface area contributed by atoms with Gasteiger partial charge < -0.3 is 10.2 Å². The van der Waals surface area contributed by atoms with Crippen molar-refractivity contribution in [2.24, 2.45) is 0 Å². The summed E-state index contributed by atoms with van der Waals surface area (Å²) in [6, 6.07) is 9.71. The summed E-state index contributed by atoms with van der Waals surface area (Å²) in [7, 11) is 0. The maximum Gasteiger partial charge on any atom is 0.125 e. The van der Waals surface area contributed by atoms with Crippen LogP contribution in [0.25, 0.3) is 11.1 Å². The first-order chi connectivity index (χ1) is 8.00. The Hall–Kier alpha value is -1.96. The SMILES string of the molecule is Cc1cccc(-c2cc(O)c(C)c(O)c2C)c1. The summed E-state index contributed by atoms with van der Waals surface area (Å²) in [6.45, 7) is 5.59. The van der Waals surface area contributed by atoms with Crippen LogP contribution in [0.15, 0.2) is 30.3 Å². The van der Waals surface area contributed by atoms with E-state index < -0.39 is 0 Å². The van der Waals surface area contributed by atoms with Gasteiger partial charge in [0.15, 0.2) is 0 Å². The van der Waals surface area contributed by atoms with E-state index in [2.05, 4.69) is 0 Å². The van der Waals surface area contributed by atoms with Gasteiger partial charge in [0.25, 0.3) is 0 Å². The van der Waals surface area contributed by atoms with Gasteiger partial charge in [0.05, 0.1) is 0 Å². The van der Waals surface area contributed by atoms with E-state index in [-0.39, 0.29) is 11.5 Å². The van der Waals surface area contributed by atoms with Crippen LogP contribution in [0.2, 0.25) is 0 Å². The van der Waals surface area contributed by atoms with Crippen molar-refractivity contribution >= 4 is 0 Å². The number of phenolic OH excluding ortho intramolecular Hbond substituents is 2. The van der Waals surface area contributed by atoms with E-state index >= 15 is 0 Å². The van der Waals surface area contributed by atoms with Crippen LogP contribution in [0.1, 0.15) is 16.7 Å². The Kier molecular flexibility index (Phi) is 2.80. The quantitative estimate of drug-likeness (QED) is 0.781. The lowest BCUT2D eigenvalue weighted by Crippen LogP contribution is -1.88. The smallest absolute Gasteiger partial charge is 0.125 e. The van der Waals surface area contributed by atoms with Gasteiger partial charge in [-0.15, -0.1) is 0 Å². The summed E-state index contributed by atoms with van der Waals surface area (Å²) < 4.78 is 0. The minimum atomic E-state index is 0.129. The first-order valence-electron chi connectivity index (χ1n) is 5.60. The molecule has 2 heteroatoms. The zero-order valence-corrected chi connectivity index (χ0v) is 10.3. The van der Waals surface area contributed by atoms with Crippen molar-refractivity contribution < 1.29 is 10.2 Å². The zero-order valence-electron chi connectivity index (χ0n) is 10.3. The van der Waals surface area contributed by atoms with E-state index in [0.717, 1.165) is 22.3 Å². The fraction of sp³-hybridized carbons (Fsp3) is 0.200. The number of hydrogen-bond donors (Lipinski definition) is 2. The molecule has 2 aromatic rings. The molecule has 0 bridgehead atoms. The van der Waals surface area contributed by atoms with Crippen LogP contribution in [0.3, 0.4) is 0 Å². The molecule has 0 heterocycles. The van der Waals surface area contributed by atoms with Crippen LogP contribution < -0.4 is 0 Å². The van der Waals surface area contributed by atoms with Gasteiger partial charge in [0.2, 0.25) is 0 Å². The largest absolute Gasteiger partial charge is 0.508 e. The first-order valence-corrected chi connectivity index (χ1v) is 5.60. The lowest BCUT2D eigenvalue weighted by Gasteiger charge is -2.12. The predicted octanol–water partition coefficient (Wildman–Crippen LogP) is 3.69. The lowest BCUT2D eigenvalue weighted by molar-refractivity contribution is 0.441. The van der Waals surface area contributed by atoms with Crippen LogP contribution in [0.5, 0.6) is 11.5 Å². The summed E-state index contributed by atoms with van der Waals surface area (Å²) in [4.78, 5) is 0. The van der Waals surface area contributed by atoms with Crippen LogP contribution in [0.4, 0.5) is 0 Å². The first kappa shape index (κ1) is 11.5. The van der Waals surface area contributed by atoms with E-state index in [9.17, 15) is 10.2 Å². The molecule has 0 amide bonds. The topological polar surface area (TPSA) is 40.5 Å². The molecular formula is C15H16O2. The summed E-state index contributed by atoms with van der Waals surface area (Å²) in [5.74, 6) is 0.297. The number of aryl methyl sites for hydroxylation is 1. The molecule has 2 aromatic carbocycles. The van der Waals surface area contributed by atoms with Crippen molar-refractivity contribution in [1.29, 1.82) is 0 Å². The van der Waals surface area contributed by atoms with Gasteiger partial charge >= 0.3 is 0 Å². The minimum absolute atomic E-state index is 0.129.